The van der Waals surface area contributed by atoms with Gasteiger partial charge >= 0.3 is 12.1 Å². The van der Waals surface area contributed by atoms with Crippen molar-refractivity contribution in [2.75, 3.05) is 7.11 Å². The Morgan fingerprint density at radius 2 is 1.90 bits per heavy atom. The molecule has 1 aromatic carbocycles. The van der Waals surface area contributed by atoms with Gasteiger partial charge in [0.1, 0.15) is 17.2 Å². The van der Waals surface area contributed by atoms with Gasteiger partial charge in [0.2, 0.25) is 0 Å². The van der Waals surface area contributed by atoms with E-state index in [2.05, 4.69) is 9.72 Å². The van der Waals surface area contributed by atoms with Gasteiger partial charge in [0.25, 0.3) is 0 Å². The first kappa shape index (κ1) is 15.0. The molecule has 0 atom stereocenters. The fourth-order valence-electron chi connectivity index (χ4n) is 1.71. The Kier molecular flexibility index (Phi) is 3.93. The van der Waals surface area contributed by atoms with Gasteiger partial charge in [-0.15, -0.1) is 0 Å². The van der Waals surface area contributed by atoms with Crippen LogP contribution in [0.1, 0.15) is 16.1 Å². The zero-order chi connectivity index (χ0) is 15.6. The molecule has 0 bridgehead atoms. The van der Waals surface area contributed by atoms with E-state index in [1.54, 1.807) is 0 Å². The number of ether oxygens (including phenoxy) is 1. The maximum Gasteiger partial charge on any atom is 0.416 e. The molecule has 7 heteroatoms. The predicted molar refractivity (Wildman–Crippen MR) is 66.0 cm³/mol. The van der Waals surface area contributed by atoms with E-state index < -0.39 is 23.5 Å². The zero-order valence-electron chi connectivity index (χ0n) is 10.7. The number of halogens is 4. The molecule has 0 saturated carbocycles. The molecular weight excluding hydrogens is 290 g/mol. The first-order valence-corrected chi connectivity index (χ1v) is 5.75. The summed E-state index contributed by atoms with van der Waals surface area (Å²) >= 11 is 0. The van der Waals surface area contributed by atoms with Crippen LogP contribution in [0.3, 0.4) is 0 Å². The fourth-order valence-corrected chi connectivity index (χ4v) is 1.71. The third-order valence-corrected chi connectivity index (χ3v) is 2.70. The second-order valence-corrected chi connectivity index (χ2v) is 4.10. The molecule has 0 N–H and O–H groups in total. The van der Waals surface area contributed by atoms with Crippen molar-refractivity contribution in [1.29, 1.82) is 0 Å². The van der Waals surface area contributed by atoms with E-state index in [4.69, 9.17) is 0 Å². The maximum absolute atomic E-state index is 13.8. The Bertz CT molecular complexity index is 683. The number of carbonyl (C=O) groups is 1. The summed E-state index contributed by atoms with van der Waals surface area (Å²) in [6, 6.07) is 6.11. The molecule has 3 nitrogen and oxygen atoms in total. The summed E-state index contributed by atoms with van der Waals surface area (Å²) < 4.78 is 56.2. The highest BCUT2D eigenvalue weighted by Crippen LogP contribution is 2.32. The highest BCUT2D eigenvalue weighted by molar-refractivity contribution is 5.87. The molecule has 110 valence electrons. The van der Waals surface area contributed by atoms with Gasteiger partial charge in [-0.1, -0.05) is 12.1 Å². The van der Waals surface area contributed by atoms with E-state index in [0.717, 1.165) is 37.4 Å². The third kappa shape index (κ3) is 3.18. The van der Waals surface area contributed by atoms with Crippen molar-refractivity contribution in [3.05, 3.63) is 53.5 Å². The van der Waals surface area contributed by atoms with E-state index in [1.165, 1.54) is 6.07 Å². The van der Waals surface area contributed by atoms with Gasteiger partial charge in [0, 0.05) is 5.56 Å². The molecular formula is C14H9F4NO2. The van der Waals surface area contributed by atoms with Gasteiger partial charge in [0.05, 0.1) is 12.7 Å². The van der Waals surface area contributed by atoms with Crippen LogP contribution < -0.4 is 0 Å². The second kappa shape index (κ2) is 5.51. The molecule has 2 aromatic rings. The van der Waals surface area contributed by atoms with Gasteiger partial charge in [-0.05, 0) is 24.3 Å². The van der Waals surface area contributed by atoms with Gasteiger partial charge in [-0.3, -0.25) is 0 Å². The number of hydrogen-bond acceptors (Lipinski definition) is 3. The summed E-state index contributed by atoms with van der Waals surface area (Å²) in [5.41, 5.74) is -1.53. The first-order valence-electron chi connectivity index (χ1n) is 5.75. The van der Waals surface area contributed by atoms with Crippen molar-refractivity contribution in [3.8, 4) is 11.3 Å². The molecule has 1 heterocycles. The Morgan fingerprint density at radius 3 is 2.52 bits per heavy atom. The van der Waals surface area contributed by atoms with Crippen molar-refractivity contribution >= 4 is 5.97 Å². The lowest BCUT2D eigenvalue weighted by molar-refractivity contribution is -0.137. The normalized spacial score (nSPS) is 11.3. The number of benzene rings is 1. The molecule has 0 radical (unpaired) electrons. The highest BCUT2D eigenvalue weighted by Gasteiger charge is 2.30. The van der Waals surface area contributed by atoms with Crippen LogP contribution in [-0.4, -0.2) is 18.1 Å². The topological polar surface area (TPSA) is 39.2 Å². The lowest BCUT2D eigenvalue weighted by Gasteiger charge is -2.09. The van der Waals surface area contributed by atoms with Crippen LogP contribution in [0.5, 0.6) is 0 Å². The number of carbonyl (C=O) groups excluding carboxylic acids is 1. The van der Waals surface area contributed by atoms with Gasteiger partial charge in [0.15, 0.2) is 0 Å². The average Bonchev–Trinajstić information content (AvgIpc) is 2.46. The fraction of sp³-hybridized carbons (Fsp3) is 0.143. The molecule has 2 rings (SSSR count). The Morgan fingerprint density at radius 1 is 1.19 bits per heavy atom. The van der Waals surface area contributed by atoms with Crippen molar-refractivity contribution in [1.82, 2.24) is 4.98 Å². The smallest absolute Gasteiger partial charge is 0.416 e. The predicted octanol–water partition coefficient (Wildman–Crippen LogP) is 3.69. The third-order valence-electron chi connectivity index (χ3n) is 2.70. The summed E-state index contributed by atoms with van der Waals surface area (Å²) in [7, 11) is 1.12. The number of alkyl halides is 3. The van der Waals surface area contributed by atoms with Gasteiger partial charge < -0.3 is 4.74 Å². The van der Waals surface area contributed by atoms with E-state index in [9.17, 15) is 22.4 Å². The Labute approximate surface area is 117 Å². The van der Waals surface area contributed by atoms with Crippen molar-refractivity contribution < 1.29 is 27.1 Å². The van der Waals surface area contributed by atoms with Crippen molar-refractivity contribution in [2.24, 2.45) is 0 Å². The number of hydrogen-bond donors (Lipinski definition) is 0. The molecule has 0 saturated heterocycles. The standard InChI is InChI=1S/C14H9F4NO2/c1-21-13(20)11-6-5-10(15)12(19-11)8-3-2-4-9(7-8)14(16,17)18/h2-7H,1H3. The summed E-state index contributed by atoms with van der Waals surface area (Å²) in [6.45, 7) is 0. The number of methoxy groups -OCH3 is 1. The number of aromatic nitrogens is 1. The minimum atomic E-state index is -4.55. The van der Waals surface area contributed by atoms with Crippen LogP contribution >= 0.6 is 0 Å². The Balaban J connectivity index is 2.54. The summed E-state index contributed by atoms with van der Waals surface area (Å²) in [4.78, 5) is 15.1. The molecule has 0 fully saturated rings. The quantitative estimate of drug-likeness (QED) is 0.627. The largest absolute Gasteiger partial charge is 0.464 e. The SMILES string of the molecule is COC(=O)c1ccc(F)c(-c2cccc(C(F)(F)F)c2)n1. The lowest BCUT2D eigenvalue weighted by atomic mass is 10.1. The second-order valence-electron chi connectivity index (χ2n) is 4.10. The number of esters is 1. The lowest BCUT2D eigenvalue weighted by Crippen LogP contribution is -2.07. The van der Waals surface area contributed by atoms with Crippen LogP contribution in [0.4, 0.5) is 17.6 Å². The van der Waals surface area contributed by atoms with Gasteiger partial charge in [-0.25, -0.2) is 14.2 Å². The van der Waals surface area contributed by atoms with E-state index in [0.29, 0.717) is 0 Å². The van der Waals surface area contributed by atoms with Crippen LogP contribution in [0.25, 0.3) is 11.3 Å². The number of pyridine rings is 1. The molecule has 1 aromatic heterocycles. The van der Waals surface area contributed by atoms with Crippen LogP contribution in [0.15, 0.2) is 36.4 Å². The maximum atomic E-state index is 13.8. The molecule has 0 unspecified atom stereocenters. The van der Waals surface area contributed by atoms with E-state index >= 15 is 0 Å². The van der Waals surface area contributed by atoms with Crippen molar-refractivity contribution in [2.45, 2.75) is 6.18 Å². The summed E-state index contributed by atoms with van der Waals surface area (Å²) in [5, 5.41) is 0. The van der Waals surface area contributed by atoms with Crippen LogP contribution in [0.2, 0.25) is 0 Å². The molecule has 0 aliphatic heterocycles. The molecule has 0 amide bonds. The summed E-state index contributed by atoms with van der Waals surface area (Å²) in [6.07, 6.45) is -4.55. The minimum Gasteiger partial charge on any atom is -0.464 e. The minimum absolute atomic E-state index is 0.0759. The van der Waals surface area contributed by atoms with E-state index in [1.807, 2.05) is 0 Å². The molecule has 0 spiro atoms. The summed E-state index contributed by atoms with van der Waals surface area (Å²) in [5.74, 6) is -1.63. The number of rotatable bonds is 2. The highest BCUT2D eigenvalue weighted by atomic mass is 19.4. The molecule has 0 aliphatic rings. The van der Waals surface area contributed by atoms with Crippen LogP contribution in [0, 0.1) is 5.82 Å². The monoisotopic (exact) mass is 299 g/mol. The van der Waals surface area contributed by atoms with Crippen molar-refractivity contribution in [3.63, 3.8) is 0 Å². The molecule has 21 heavy (non-hydrogen) atoms. The van der Waals surface area contributed by atoms with Crippen LogP contribution in [-0.2, 0) is 10.9 Å². The number of nitrogens with zero attached hydrogens (tertiary/aromatic N) is 1. The van der Waals surface area contributed by atoms with E-state index in [-0.39, 0.29) is 17.0 Å². The average molecular weight is 299 g/mol. The molecule has 0 aliphatic carbocycles. The first-order chi connectivity index (χ1) is 9.82. The van der Waals surface area contributed by atoms with Gasteiger partial charge in [-0.2, -0.15) is 13.2 Å². The zero-order valence-corrected chi connectivity index (χ0v) is 10.7. The Hall–Kier alpha value is -2.44.